The Kier molecular flexibility index (Phi) is 4.45. The molecule has 106 valence electrons. The van der Waals surface area contributed by atoms with Crippen molar-refractivity contribution < 1.29 is 13.9 Å². The van der Waals surface area contributed by atoms with Gasteiger partial charge >= 0.3 is 0 Å². The number of ether oxygens (including phenoxy) is 2. The van der Waals surface area contributed by atoms with Crippen LogP contribution in [0.25, 0.3) is 0 Å². The van der Waals surface area contributed by atoms with Crippen LogP contribution in [-0.2, 0) is 6.61 Å². The van der Waals surface area contributed by atoms with Gasteiger partial charge in [-0.05, 0) is 19.4 Å². The average molecular weight is 275 g/mol. The maximum Gasteiger partial charge on any atom is 0.167 e. The van der Waals surface area contributed by atoms with Gasteiger partial charge in [0.2, 0.25) is 0 Å². The van der Waals surface area contributed by atoms with Gasteiger partial charge in [0.05, 0.1) is 11.8 Å². The molecule has 0 aromatic heterocycles. The van der Waals surface area contributed by atoms with Gasteiger partial charge in [-0.3, -0.25) is 0 Å². The average Bonchev–Trinajstić information content (AvgIpc) is 2.41. The molecule has 0 spiro atoms. The van der Waals surface area contributed by atoms with Crippen molar-refractivity contribution in [1.82, 2.24) is 0 Å². The first-order chi connectivity index (χ1) is 9.56. The molecule has 4 heteroatoms. The number of hydrogen-bond acceptors (Lipinski definition) is 3. The summed E-state index contributed by atoms with van der Waals surface area (Å²) in [6.45, 7) is 4.04. The maximum atomic E-state index is 13.7. The van der Waals surface area contributed by atoms with Crippen LogP contribution in [0.2, 0.25) is 0 Å². The zero-order valence-electron chi connectivity index (χ0n) is 11.6. The number of anilines is 1. The van der Waals surface area contributed by atoms with E-state index in [0.29, 0.717) is 12.4 Å². The molecule has 0 bridgehead atoms. The van der Waals surface area contributed by atoms with Crippen LogP contribution in [0, 0.1) is 5.82 Å². The molecular weight excluding hydrogens is 257 g/mol. The summed E-state index contributed by atoms with van der Waals surface area (Å²) < 4.78 is 24.7. The predicted molar refractivity (Wildman–Crippen MR) is 77.4 cm³/mol. The van der Waals surface area contributed by atoms with E-state index in [1.807, 2.05) is 44.2 Å². The van der Waals surface area contributed by atoms with Crippen molar-refractivity contribution in [3.63, 3.8) is 0 Å². The zero-order valence-corrected chi connectivity index (χ0v) is 11.6. The number of nitrogens with two attached hydrogens (primary N) is 1. The van der Waals surface area contributed by atoms with Gasteiger partial charge in [0.25, 0.3) is 0 Å². The van der Waals surface area contributed by atoms with Crippen molar-refractivity contribution in [1.29, 1.82) is 0 Å². The van der Waals surface area contributed by atoms with E-state index >= 15 is 0 Å². The van der Waals surface area contributed by atoms with Crippen molar-refractivity contribution in [2.24, 2.45) is 0 Å². The summed E-state index contributed by atoms with van der Waals surface area (Å²) in [4.78, 5) is 0. The van der Waals surface area contributed by atoms with Crippen molar-refractivity contribution >= 4 is 5.69 Å². The number of rotatable bonds is 5. The molecule has 0 saturated carbocycles. The van der Waals surface area contributed by atoms with Gasteiger partial charge in [0, 0.05) is 12.1 Å². The standard InChI is InChI=1S/C16H18FNO2/c1-11(2)20-15-9-16(14(18)8-13(15)17)19-10-12-6-4-3-5-7-12/h3-9,11H,10,18H2,1-2H3. The second-order valence-corrected chi connectivity index (χ2v) is 4.76. The minimum Gasteiger partial charge on any atom is -0.488 e. The second kappa shape index (κ2) is 6.28. The van der Waals surface area contributed by atoms with Crippen LogP contribution in [0.1, 0.15) is 19.4 Å². The van der Waals surface area contributed by atoms with E-state index in [1.165, 1.54) is 12.1 Å². The van der Waals surface area contributed by atoms with Gasteiger partial charge in [-0.1, -0.05) is 30.3 Å². The van der Waals surface area contributed by atoms with E-state index in [2.05, 4.69) is 0 Å². The van der Waals surface area contributed by atoms with E-state index < -0.39 is 5.82 Å². The lowest BCUT2D eigenvalue weighted by Gasteiger charge is -2.14. The first-order valence-electron chi connectivity index (χ1n) is 6.48. The van der Waals surface area contributed by atoms with Crippen LogP contribution < -0.4 is 15.2 Å². The van der Waals surface area contributed by atoms with E-state index in [0.717, 1.165) is 5.56 Å². The molecule has 0 aliphatic carbocycles. The molecule has 3 nitrogen and oxygen atoms in total. The highest BCUT2D eigenvalue weighted by atomic mass is 19.1. The molecule has 0 unspecified atom stereocenters. The van der Waals surface area contributed by atoms with Crippen molar-refractivity contribution in [2.75, 3.05) is 5.73 Å². The van der Waals surface area contributed by atoms with E-state index in [9.17, 15) is 4.39 Å². The summed E-state index contributed by atoms with van der Waals surface area (Å²) in [5.74, 6) is 0.0893. The molecule has 2 aromatic rings. The predicted octanol–water partition coefficient (Wildman–Crippen LogP) is 3.77. The summed E-state index contributed by atoms with van der Waals surface area (Å²) in [6, 6.07) is 12.4. The number of benzene rings is 2. The summed E-state index contributed by atoms with van der Waals surface area (Å²) in [6.07, 6.45) is -0.116. The van der Waals surface area contributed by atoms with Crippen LogP contribution in [0.5, 0.6) is 11.5 Å². The monoisotopic (exact) mass is 275 g/mol. The molecule has 20 heavy (non-hydrogen) atoms. The fourth-order valence-corrected chi connectivity index (χ4v) is 1.75. The third kappa shape index (κ3) is 3.63. The quantitative estimate of drug-likeness (QED) is 0.845. The lowest BCUT2D eigenvalue weighted by atomic mass is 10.2. The maximum absolute atomic E-state index is 13.7. The molecule has 0 radical (unpaired) electrons. The van der Waals surface area contributed by atoms with Crippen molar-refractivity contribution in [3.05, 3.63) is 53.8 Å². The molecule has 0 fully saturated rings. The fraction of sp³-hybridized carbons (Fsp3) is 0.250. The van der Waals surface area contributed by atoms with Crippen LogP contribution >= 0.6 is 0 Å². The smallest absolute Gasteiger partial charge is 0.167 e. The Labute approximate surface area is 118 Å². The van der Waals surface area contributed by atoms with Gasteiger partial charge in [-0.2, -0.15) is 0 Å². The van der Waals surface area contributed by atoms with E-state index in [4.69, 9.17) is 15.2 Å². The summed E-state index contributed by atoms with van der Waals surface area (Å²) in [5.41, 5.74) is 7.04. The Hall–Kier alpha value is -2.23. The molecule has 2 aromatic carbocycles. The van der Waals surface area contributed by atoms with Crippen molar-refractivity contribution in [2.45, 2.75) is 26.6 Å². The highest BCUT2D eigenvalue weighted by molar-refractivity contribution is 5.56. The van der Waals surface area contributed by atoms with Gasteiger partial charge in [0.15, 0.2) is 11.6 Å². The molecule has 2 N–H and O–H groups in total. The largest absolute Gasteiger partial charge is 0.488 e. The van der Waals surface area contributed by atoms with Crippen LogP contribution in [-0.4, -0.2) is 6.10 Å². The first kappa shape index (κ1) is 14.2. The summed E-state index contributed by atoms with van der Waals surface area (Å²) >= 11 is 0. The topological polar surface area (TPSA) is 44.5 Å². The minimum absolute atomic E-state index is 0.116. The van der Waals surface area contributed by atoms with Crippen LogP contribution in [0.4, 0.5) is 10.1 Å². The summed E-state index contributed by atoms with van der Waals surface area (Å²) in [5, 5.41) is 0. The minimum atomic E-state index is -0.483. The molecule has 0 aliphatic heterocycles. The Balaban J connectivity index is 2.14. The Morgan fingerprint density at radius 1 is 1.10 bits per heavy atom. The van der Waals surface area contributed by atoms with Crippen molar-refractivity contribution in [3.8, 4) is 11.5 Å². The molecule has 0 heterocycles. The fourth-order valence-electron chi connectivity index (χ4n) is 1.75. The Bertz CT molecular complexity index is 570. The molecule has 2 rings (SSSR count). The third-order valence-corrected chi connectivity index (χ3v) is 2.66. The van der Waals surface area contributed by atoms with Gasteiger partial charge < -0.3 is 15.2 Å². The lowest BCUT2D eigenvalue weighted by Crippen LogP contribution is -2.08. The Morgan fingerprint density at radius 2 is 1.80 bits per heavy atom. The molecule has 0 aliphatic rings. The van der Waals surface area contributed by atoms with Gasteiger partial charge in [-0.15, -0.1) is 0 Å². The molecule has 0 atom stereocenters. The summed E-state index contributed by atoms with van der Waals surface area (Å²) in [7, 11) is 0. The normalized spacial score (nSPS) is 10.6. The highest BCUT2D eigenvalue weighted by Gasteiger charge is 2.11. The van der Waals surface area contributed by atoms with Gasteiger partial charge in [0.1, 0.15) is 12.4 Å². The van der Waals surface area contributed by atoms with Crippen LogP contribution in [0.3, 0.4) is 0 Å². The molecule has 0 amide bonds. The number of halogens is 1. The highest BCUT2D eigenvalue weighted by Crippen LogP contribution is 2.31. The van der Waals surface area contributed by atoms with Gasteiger partial charge in [-0.25, -0.2) is 4.39 Å². The van der Waals surface area contributed by atoms with E-state index in [1.54, 1.807) is 0 Å². The Morgan fingerprint density at radius 3 is 2.45 bits per heavy atom. The number of hydrogen-bond donors (Lipinski definition) is 1. The SMILES string of the molecule is CC(C)Oc1cc(OCc2ccccc2)c(N)cc1F. The van der Waals surface area contributed by atoms with E-state index in [-0.39, 0.29) is 17.5 Å². The second-order valence-electron chi connectivity index (χ2n) is 4.76. The zero-order chi connectivity index (χ0) is 14.5. The molecule has 0 saturated heterocycles. The lowest BCUT2D eigenvalue weighted by molar-refractivity contribution is 0.228. The van der Waals surface area contributed by atoms with Crippen LogP contribution in [0.15, 0.2) is 42.5 Å². The third-order valence-electron chi connectivity index (χ3n) is 2.66. The number of nitrogen functional groups attached to an aromatic ring is 1. The first-order valence-corrected chi connectivity index (χ1v) is 6.48. The molecular formula is C16H18FNO2.